The van der Waals surface area contributed by atoms with E-state index in [2.05, 4.69) is 4.98 Å². The van der Waals surface area contributed by atoms with Gasteiger partial charge < -0.3 is 9.72 Å². The number of methoxy groups -OCH3 is 1. The number of rotatable bonds is 1. The lowest BCUT2D eigenvalue weighted by atomic mass is 10.3. The van der Waals surface area contributed by atoms with Crippen LogP contribution in [-0.4, -0.2) is 12.1 Å². The predicted molar refractivity (Wildman–Crippen MR) is 38.3 cm³/mol. The molecule has 1 heterocycles. The summed E-state index contributed by atoms with van der Waals surface area (Å²) in [5.74, 6) is 0.157. The van der Waals surface area contributed by atoms with E-state index in [-0.39, 0.29) is 11.3 Å². The van der Waals surface area contributed by atoms with Crippen molar-refractivity contribution in [1.29, 1.82) is 5.26 Å². The number of pyridine rings is 1. The molecule has 0 aliphatic rings. The van der Waals surface area contributed by atoms with E-state index in [9.17, 15) is 4.79 Å². The Balaban J connectivity index is 3.26. The van der Waals surface area contributed by atoms with Gasteiger partial charge in [-0.05, 0) is 0 Å². The number of hydrogen-bond acceptors (Lipinski definition) is 3. The maximum absolute atomic E-state index is 10.8. The monoisotopic (exact) mass is 150 g/mol. The first-order valence-corrected chi connectivity index (χ1v) is 2.94. The highest BCUT2D eigenvalue weighted by Crippen LogP contribution is 2.02. The molecule has 0 saturated heterocycles. The summed E-state index contributed by atoms with van der Waals surface area (Å²) >= 11 is 0. The molecule has 0 atom stereocenters. The SMILES string of the molecule is COc1cc(C#N)c[nH]c1=O. The van der Waals surface area contributed by atoms with Crippen molar-refractivity contribution in [2.45, 2.75) is 0 Å². The number of aromatic nitrogens is 1. The number of nitrogens with one attached hydrogen (secondary N) is 1. The van der Waals surface area contributed by atoms with Crippen molar-refractivity contribution >= 4 is 0 Å². The number of hydrogen-bond donors (Lipinski definition) is 1. The van der Waals surface area contributed by atoms with Gasteiger partial charge in [-0.25, -0.2) is 0 Å². The summed E-state index contributed by atoms with van der Waals surface area (Å²) in [7, 11) is 1.38. The molecule has 1 aromatic rings. The molecule has 1 N–H and O–H groups in total. The van der Waals surface area contributed by atoms with Crippen molar-refractivity contribution in [3.05, 3.63) is 28.2 Å². The van der Waals surface area contributed by atoms with Gasteiger partial charge in [0, 0.05) is 12.3 Å². The maximum atomic E-state index is 10.8. The van der Waals surface area contributed by atoms with E-state index in [1.54, 1.807) is 0 Å². The molecule has 0 unspecified atom stereocenters. The van der Waals surface area contributed by atoms with Gasteiger partial charge in [0.15, 0.2) is 5.75 Å². The van der Waals surface area contributed by atoms with Crippen LogP contribution in [0.2, 0.25) is 0 Å². The third-order valence-corrected chi connectivity index (χ3v) is 1.22. The molecule has 0 fully saturated rings. The molecule has 0 aliphatic heterocycles. The lowest BCUT2D eigenvalue weighted by molar-refractivity contribution is 0.408. The molecule has 4 heteroatoms. The molecule has 1 aromatic heterocycles. The van der Waals surface area contributed by atoms with Crippen LogP contribution < -0.4 is 10.3 Å². The van der Waals surface area contributed by atoms with Gasteiger partial charge in [-0.15, -0.1) is 0 Å². The quantitative estimate of drug-likeness (QED) is 0.624. The standard InChI is InChI=1S/C7H6N2O2/c1-11-6-2-5(3-8)4-9-7(6)10/h2,4H,1H3,(H,9,10). The first-order chi connectivity index (χ1) is 5.27. The predicted octanol–water partition coefficient (Wildman–Crippen LogP) is 0.255. The number of nitrogens with zero attached hydrogens (tertiary/aromatic N) is 1. The summed E-state index contributed by atoms with van der Waals surface area (Å²) in [6, 6.07) is 3.27. The first kappa shape index (κ1) is 7.35. The Bertz CT molecular complexity index is 348. The summed E-state index contributed by atoms with van der Waals surface area (Å²) in [6.07, 6.45) is 1.34. The average Bonchev–Trinajstić information content (AvgIpc) is 2.05. The third kappa shape index (κ3) is 1.38. The number of H-pyrrole nitrogens is 1. The zero-order valence-corrected chi connectivity index (χ0v) is 5.92. The van der Waals surface area contributed by atoms with Crippen molar-refractivity contribution in [2.75, 3.05) is 7.11 Å². The first-order valence-electron chi connectivity index (χ1n) is 2.94. The van der Waals surface area contributed by atoms with E-state index in [0.29, 0.717) is 5.56 Å². The highest BCUT2D eigenvalue weighted by Gasteiger charge is 1.98. The van der Waals surface area contributed by atoms with Crippen LogP contribution in [0.25, 0.3) is 0 Å². The summed E-state index contributed by atoms with van der Waals surface area (Å²) in [4.78, 5) is 13.2. The van der Waals surface area contributed by atoms with Crippen molar-refractivity contribution in [3.63, 3.8) is 0 Å². The maximum Gasteiger partial charge on any atom is 0.290 e. The van der Waals surface area contributed by atoms with Crippen LogP contribution in [0.1, 0.15) is 5.56 Å². The number of ether oxygens (including phenoxy) is 1. The Morgan fingerprint density at radius 3 is 3.00 bits per heavy atom. The Morgan fingerprint density at radius 1 is 1.73 bits per heavy atom. The second kappa shape index (κ2) is 2.88. The summed E-state index contributed by atoms with van der Waals surface area (Å²) in [6.45, 7) is 0. The van der Waals surface area contributed by atoms with E-state index in [0.717, 1.165) is 0 Å². The Hall–Kier alpha value is -1.76. The van der Waals surface area contributed by atoms with Gasteiger partial charge in [0.1, 0.15) is 6.07 Å². The average molecular weight is 150 g/mol. The Morgan fingerprint density at radius 2 is 2.45 bits per heavy atom. The largest absolute Gasteiger partial charge is 0.491 e. The molecule has 0 aromatic carbocycles. The lowest BCUT2D eigenvalue weighted by Crippen LogP contribution is -2.08. The smallest absolute Gasteiger partial charge is 0.290 e. The van der Waals surface area contributed by atoms with Crippen LogP contribution in [0.15, 0.2) is 17.1 Å². The molecular formula is C7H6N2O2. The zero-order valence-electron chi connectivity index (χ0n) is 5.92. The van der Waals surface area contributed by atoms with Gasteiger partial charge in [0.25, 0.3) is 5.56 Å². The molecule has 56 valence electrons. The van der Waals surface area contributed by atoms with Crippen LogP contribution in [0.3, 0.4) is 0 Å². The molecule has 0 saturated carbocycles. The normalized spacial score (nSPS) is 8.73. The molecule has 0 amide bonds. The van der Waals surface area contributed by atoms with E-state index >= 15 is 0 Å². The molecule has 0 radical (unpaired) electrons. The van der Waals surface area contributed by atoms with Crippen molar-refractivity contribution in [2.24, 2.45) is 0 Å². The fourth-order valence-electron chi connectivity index (χ4n) is 0.679. The van der Waals surface area contributed by atoms with Gasteiger partial charge >= 0.3 is 0 Å². The van der Waals surface area contributed by atoms with Crippen LogP contribution in [0.4, 0.5) is 0 Å². The summed E-state index contributed by atoms with van der Waals surface area (Å²) in [5.41, 5.74) is 0.0490. The second-order valence-electron chi connectivity index (χ2n) is 1.90. The van der Waals surface area contributed by atoms with Crippen LogP contribution in [-0.2, 0) is 0 Å². The van der Waals surface area contributed by atoms with Gasteiger partial charge in [-0.2, -0.15) is 5.26 Å². The van der Waals surface area contributed by atoms with E-state index in [1.807, 2.05) is 6.07 Å². The summed E-state index contributed by atoms with van der Waals surface area (Å²) < 4.78 is 4.69. The van der Waals surface area contributed by atoms with Crippen molar-refractivity contribution < 1.29 is 4.74 Å². The molecule has 1 rings (SSSR count). The van der Waals surface area contributed by atoms with Gasteiger partial charge in [-0.3, -0.25) is 4.79 Å². The van der Waals surface area contributed by atoms with E-state index in [1.165, 1.54) is 19.4 Å². The van der Waals surface area contributed by atoms with Crippen LogP contribution >= 0.6 is 0 Å². The molecular weight excluding hydrogens is 144 g/mol. The minimum Gasteiger partial charge on any atom is -0.491 e. The van der Waals surface area contributed by atoms with Crippen LogP contribution in [0.5, 0.6) is 5.75 Å². The second-order valence-corrected chi connectivity index (χ2v) is 1.90. The van der Waals surface area contributed by atoms with Gasteiger partial charge in [0.2, 0.25) is 0 Å². The van der Waals surface area contributed by atoms with E-state index < -0.39 is 0 Å². The Kier molecular flexibility index (Phi) is 1.93. The van der Waals surface area contributed by atoms with Gasteiger partial charge in [-0.1, -0.05) is 0 Å². The molecule has 11 heavy (non-hydrogen) atoms. The molecule has 4 nitrogen and oxygen atoms in total. The van der Waals surface area contributed by atoms with Crippen molar-refractivity contribution in [3.8, 4) is 11.8 Å². The fraction of sp³-hybridized carbons (Fsp3) is 0.143. The highest BCUT2D eigenvalue weighted by molar-refractivity contribution is 5.32. The Labute approximate surface area is 63.0 Å². The lowest BCUT2D eigenvalue weighted by Gasteiger charge is -1.95. The number of nitriles is 1. The van der Waals surface area contributed by atoms with Crippen LogP contribution in [0, 0.1) is 11.3 Å². The minimum atomic E-state index is -0.327. The minimum absolute atomic E-state index is 0.157. The van der Waals surface area contributed by atoms with E-state index in [4.69, 9.17) is 10.00 Å². The van der Waals surface area contributed by atoms with Crippen molar-refractivity contribution in [1.82, 2.24) is 4.98 Å². The summed E-state index contributed by atoms with van der Waals surface area (Å²) in [5, 5.41) is 8.42. The molecule has 0 bridgehead atoms. The van der Waals surface area contributed by atoms with Gasteiger partial charge in [0.05, 0.1) is 12.7 Å². The number of aromatic amines is 1. The third-order valence-electron chi connectivity index (χ3n) is 1.22. The fourth-order valence-corrected chi connectivity index (χ4v) is 0.679. The zero-order chi connectivity index (χ0) is 8.27. The molecule has 0 aliphatic carbocycles. The topological polar surface area (TPSA) is 65.9 Å². The molecule has 0 spiro atoms. The highest BCUT2D eigenvalue weighted by atomic mass is 16.5.